The molecule has 0 aliphatic carbocycles. The Morgan fingerprint density at radius 3 is 2.71 bits per heavy atom. The third kappa shape index (κ3) is 3.89. The Kier molecular flexibility index (Phi) is 5.25. The van der Waals surface area contributed by atoms with Crippen LogP contribution in [-0.4, -0.2) is 30.0 Å². The molecule has 1 heterocycles. The van der Waals surface area contributed by atoms with Gasteiger partial charge in [-0.05, 0) is 13.0 Å². The number of nitrogens with zero attached hydrogens (tertiary/aromatic N) is 2. The van der Waals surface area contributed by atoms with Gasteiger partial charge < -0.3 is 9.47 Å². The van der Waals surface area contributed by atoms with Crippen LogP contribution in [0.25, 0.3) is 0 Å². The van der Waals surface area contributed by atoms with Gasteiger partial charge >= 0.3 is 0 Å². The normalized spacial score (nSPS) is 10.1. The highest BCUT2D eigenvalue weighted by atomic mass is 35.5. The summed E-state index contributed by atoms with van der Waals surface area (Å²) in [7, 11) is 0. The molecular weight excluding hydrogens is 204 g/mol. The van der Waals surface area contributed by atoms with Crippen LogP contribution in [0.4, 0.5) is 0 Å². The van der Waals surface area contributed by atoms with Crippen molar-refractivity contribution in [2.75, 3.05) is 19.8 Å². The molecule has 0 amide bonds. The highest BCUT2D eigenvalue weighted by Crippen LogP contribution is 2.05. The zero-order chi connectivity index (χ0) is 10.2. The molecule has 0 unspecified atom stereocenters. The van der Waals surface area contributed by atoms with Crippen LogP contribution in [0.3, 0.4) is 0 Å². The third-order valence-corrected chi connectivity index (χ3v) is 1.79. The minimum atomic E-state index is 0.367. The molecule has 4 nitrogen and oxygen atoms in total. The van der Waals surface area contributed by atoms with E-state index in [1.165, 1.54) is 0 Å². The Morgan fingerprint density at radius 2 is 2.14 bits per heavy atom. The lowest BCUT2D eigenvalue weighted by Crippen LogP contribution is -2.07. The first-order valence-corrected chi connectivity index (χ1v) is 4.99. The summed E-state index contributed by atoms with van der Waals surface area (Å²) in [6, 6.07) is 3.53. The highest BCUT2D eigenvalue weighted by Gasteiger charge is 1.97. The lowest BCUT2D eigenvalue weighted by atomic mass is 10.4. The van der Waals surface area contributed by atoms with E-state index in [-0.39, 0.29) is 0 Å². The van der Waals surface area contributed by atoms with Gasteiger partial charge in [0.2, 0.25) is 5.88 Å². The van der Waals surface area contributed by atoms with Gasteiger partial charge in [0, 0.05) is 12.7 Å². The maximum absolute atomic E-state index is 5.56. The SMILES string of the molecule is CCOCCOc1ccc(CCl)nn1. The number of halogens is 1. The van der Waals surface area contributed by atoms with E-state index in [0.29, 0.717) is 31.6 Å². The molecule has 0 saturated carbocycles. The second kappa shape index (κ2) is 6.56. The average molecular weight is 217 g/mol. The molecule has 0 saturated heterocycles. The Balaban J connectivity index is 2.29. The first-order chi connectivity index (χ1) is 6.86. The number of hydrogen-bond acceptors (Lipinski definition) is 4. The fraction of sp³-hybridized carbons (Fsp3) is 0.556. The summed E-state index contributed by atoms with van der Waals surface area (Å²) in [4.78, 5) is 0. The van der Waals surface area contributed by atoms with Crippen LogP contribution in [0, 0.1) is 0 Å². The van der Waals surface area contributed by atoms with E-state index < -0.39 is 0 Å². The van der Waals surface area contributed by atoms with Gasteiger partial charge in [-0.3, -0.25) is 0 Å². The molecule has 14 heavy (non-hydrogen) atoms. The van der Waals surface area contributed by atoms with Crippen LogP contribution in [-0.2, 0) is 10.6 Å². The maximum Gasteiger partial charge on any atom is 0.233 e. The zero-order valence-corrected chi connectivity index (χ0v) is 8.83. The lowest BCUT2D eigenvalue weighted by Gasteiger charge is -2.04. The summed E-state index contributed by atoms with van der Waals surface area (Å²) in [5.41, 5.74) is 0.740. The molecule has 0 aromatic carbocycles. The van der Waals surface area contributed by atoms with E-state index in [1.54, 1.807) is 12.1 Å². The molecule has 0 bridgehead atoms. The van der Waals surface area contributed by atoms with Gasteiger partial charge in [-0.1, -0.05) is 0 Å². The Bertz CT molecular complexity index is 253. The fourth-order valence-electron chi connectivity index (χ4n) is 0.845. The van der Waals surface area contributed by atoms with Crippen molar-refractivity contribution in [2.45, 2.75) is 12.8 Å². The van der Waals surface area contributed by atoms with E-state index in [4.69, 9.17) is 21.1 Å². The van der Waals surface area contributed by atoms with Crippen LogP contribution in [0.5, 0.6) is 5.88 Å². The Hall–Kier alpha value is -0.870. The van der Waals surface area contributed by atoms with Gasteiger partial charge in [0.25, 0.3) is 0 Å². The molecule has 1 aromatic rings. The number of rotatable bonds is 6. The van der Waals surface area contributed by atoms with E-state index in [1.807, 2.05) is 6.92 Å². The van der Waals surface area contributed by atoms with E-state index in [9.17, 15) is 0 Å². The predicted octanol–water partition coefficient (Wildman–Crippen LogP) is 1.63. The van der Waals surface area contributed by atoms with Crippen molar-refractivity contribution in [1.29, 1.82) is 0 Å². The van der Waals surface area contributed by atoms with Gasteiger partial charge in [-0.2, -0.15) is 5.10 Å². The third-order valence-electron chi connectivity index (χ3n) is 1.51. The number of hydrogen-bond donors (Lipinski definition) is 0. The second-order valence-corrected chi connectivity index (χ2v) is 2.81. The van der Waals surface area contributed by atoms with Gasteiger partial charge in [0.15, 0.2) is 0 Å². The van der Waals surface area contributed by atoms with Gasteiger partial charge in [0.1, 0.15) is 6.61 Å². The standard InChI is InChI=1S/C9H13ClN2O2/c1-2-13-5-6-14-9-4-3-8(7-10)11-12-9/h3-4H,2,5-7H2,1H3. The fourth-order valence-corrected chi connectivity index (χ4v) is 0.988. The second-order valence-electron chi connectivity index (χ2n) is 2.54. The lowest BCUT2D eigenvalue weighted by molar-refractivity contribution is 0.108. The van der Waals surface area contributed by atoms with Gasteiger partial charge in [-0.25, -0.2) is 0 Å². The van der Waals surface area contributed by atoms with Crippen LogP contribution in [0.1, 0.15) is 12.6 Å². The predicted molar refractivity (Wildman–Crippen MR) is 53.6 cm³/mol. The Labute approximate surface area is 88.2 Å². The van der Waals surface area contributed by atoms with Crippen molar-refractivity contribution in [1.82, 2.24) is 10.2 Å². The molecular formula is C9H13ClN2O2. The molecule has 1 rings (SSSR count). The zero-order valence-electron chi connectivity index (χ0n) is 8.07. The molecule has 0 radical (unpaired) electrons. The van der Waals surface area contributed by atoms with Gasteiger partial charge in [-0.15, -0.1) is 16.7 Å². The van der Waals surface area contributed by atoms with E-state index >= 15 is 0 Å². The quantitative estimate of drug-likeness (QED) is 0.536. The summed E-state index contributed by atoms with van der Waals surface area (Å²) >= 11 is 5.56. The molecule has 0 atom stereocenters. The van der Waals surface area contributed by atoms with Crippen molar-refractivity contribution in [3.05, 3.63) is 17.8 Å². The number of alkyl halides is 1. The summed E-state index contributed by atoms with van der Waals surface area (Å²) in [6.07, 6.45) is 0. The monoisotopic (exact) mass is 216 g/mol. The molecule has 1 aromatic heterocycles. The molecule has 0 N–H and O–H groups in total. The number of aromatic nitrogens is 2. The smallest absolute Gasteiger partial charge is 0.233 e. The minimum absolute atomic E-state index is 0.367. The topological polar surface area (TPSA) is 44.2 Å². The van der Waals surface area contributed by atoms with Crippen LogP contribution in [0.2, 0.25) is 0 Å². The summed E-state index contributed by atoms with van der Waals surface area (Å²) < 4.78 is 10.4. The van der Waals surface area contributed by atoms with Crippen molar-refractivity contribution in [3.63, 3.8) is 0 Å². The van der Waals surface area contributed by atoms with Crippen molar-refractivity contribution < 1.29 is 9.47 Å². The molecule has 0 aliphatic rings. The van der Waals surface area contributed by atoms with Crippen molar-refractivity contribution in [3.8, 4) is 5.88 Å². The largest absolute Gasteiger partial charge is 0.474 e. The van der Waals surface area contributed by atoms with Crippen LogP contribution < -0.4 is 4.74 Å². The van der Waals surface area contributed by atoms with E-state index in [2.05, 4.69) is 10.2 Å². The highest BCUT2D eigenvalue weighted by molar-refractivity contribution is 6.16. The van der Waals surface area contributed by atoms with Crippen molar-refractivity contribution in [2.24, 2.45) is 0 Å². The average Bonchev–Trinajstić information content (AvgIpc) is 2.25. The minimum Gasteiger partial charge on any atom is -0.474 e. The molecule has 5 heteroatoms. The van der Waals surface area contributed by atoms with Crippen LogP contribution in [0.15, 0.2) is 12.1 Å². The van der Waals surface area contributed by atoms with E-state index in [0.717, 1.165) is 5.69 Å². The summed E-state index contributed by atoms with van der Waals surface area (Å²) in [5.74, 6) is 0.866. The first kappa shape index (κ1) is 11.2. The van der Waals surface area contributed by atoms with Crippen molar-refractivity contribution >= 4 is 11.6 Å². The van der Waals surface area contributed by atoms with Crippen LogP contribution >= 0.6 is 11.6 Å². The Morgan fingerprint density at radius 1 is 1.29 bits per heavy atom. The first-order valence-electron chi connectivity index (χ1n) is 4.46. The molecule has 0 aliphatic heterocycles. The molecule has 0 spiro atoms. The molecule has 0 fully saturated rings. The maximum atomic E-state index is 5.56. The number of ether oxygens (including phenoxy) is 2. The summed E-state index contributed by atoms with van der Waals surface area (Å²) in [6.45, 7) is 3.69. The summed E-state index contributed by atoms with van der Waals surface area (Å²) in [5, 5.41) is 7.68. The molecule has 78 valence electrons. The van der Waals surface area contributed by atoms with Gasteiger partial charge in [0.05, 0.1) is 18.2 Å².